The molecule has 2 fully saturated rings. The lowest BCUT2D eigenvalue weighted by Gasteiger charge is -2.43. The minimum absolute atomic E-state index is 0.652. The minimum Gasteiger partial charge on any atom is -0.472 e. The van der Waals surface area contributed by atoms with Gasteiger partial charge in [-0.2, -0.15) is 0 Å². The lowest BCUT2D eigenvalue weighted by atomic mass is 9.83. The van der Waals surface area contributed by atoms with E-state index in [-0.39, 0.29) is 0 Å². The van der Waals surface area contributed by atoms with Gasteiger partial charge in [0.05, 0.1) is 31.5 Å². The fourth-order valence-corrected chi connectivity index (χ4v) is 3.83. The van der Waals surface area contributed by atoms with Crippen LogP contribution in [0.25, 0.3) is 0 Å². The second kappa shape index (κ2) is 7.28. The first-order chi connectivity index (χ1) is 12.3. The molecule has 3 aliphatic rings. The second-order valence-electron chi connectivity index (χ2n) is 6.85. The van der Waals surface area contributed by atoms with Gasteiger partial charge >= 0.3 is 0 Å². The predicted octanol–water partition coefficient (Wildman–Crippen LogP) is -4.64. The van der Waals surface area contributed by atoms with Gasteiger partial charge in [-0.25, -0.2) is 0 Å². The van der Waals surface area contributed by atoms with Crippen molar-refractivity contribution in [3.8, 4) is 0 Å². The van der Waals surface area contributed by atoms with Crippen molar-refractivity contribution in [2.45, 2.75) is 54.8 Å². The normalized spacial score (nSPS) is 54.0. The summed E-state index contributed by atoms with van der Waals surface area (Å²) in [6, 6.07) is 0. The highest BCUT2D eigenvalue weighted by molar-refractivity contribution is 5.16. The zero-order valence-corrected chi connectivity index (χ0v) is 13.6. The largest absolute Gasteiger partial charge is 0.472 e. The molecule has 1 aliphatic carbocycles. The topological polar surface area (TPSA) is 190 Å². The number of fused-ring (bicyclic) bond motifs is 1. The molecule has 0 bridgehead atoms. The van der Waals surface area contributed by atoms with Crippen molar-refractivity contribution in [1.82, 2.24) is 0 Å². The van der Waals surface area contributed by atoms with Crippen LogP contribution in [0.15, 0.2) is 12.3 Å². The summed E-state index contributed by atoms with van der Waals surface area (Å²) < 4.78 is 16.0. The van der Waals surface area contributed by atoms with Crippen LogP contribution >= 0.6 is 0 Å². The minimum atomic E-state index is -2.15. The first-order valence-electron chi connectivity index (χ1n) is 8.23. The molecule has 11 heteroatoms. The van der Waals surface area contributed by atoms with Crippen molar-refractivity contribution in [2.75, 3.05) is 13.2 Å². The molecular weight excluding hydrogens is 356 g/mol. The van der Waals surface area contributed by atoms with Gasteiger partial charge in [0.2, 0.25) is 6.29 Å². The summed E-state index contributed by atoms with van der Waals surface area (Å²) in [4.78, 5) is 0. The van der Waals surface area contributed by atoms with Gasteiger partial charge in [0, 0.05) is 5.92 Å². The highest BCUT2D eigenvalue weighted by Crippen LogP contribution is 2.47. The maximum atomic E-state index is 10.6. The molecule has 2 heterocycles. The molecule has 11 atom stereocenters. The van der Waals surface area contributed by atoms with Gasteiger partial charge in [-0.1, -0.05) is 0 Å². The number of aliphatic hydroxyl groups is 8. The van der Waals surface area contributed by atoms with Crippen LogP contribution in [-0.2, 0) is 14.2 Å². The van der Waals surface area contributed by atoms with E-state index in [1.807, 2.05) is 0 Å². The van der Waals surface area contributed by atoms with Gasteiger partial charge in [0.1, 0.15) is 36.1 Å². The summed E-state index contributed by atoms with van der Waals surface area (Å²) in [5.74, 6) is -1.93. The monoisotopic (exact) mass is 380 g/mol. The third kappa shape index (κ3) is 2.94. The highest BCUT2D eigenvalue weighted by Gasteiger charge is 2.63. The van der Waals surface area contributed by atoms with E-state index in [0.717, 1.165) is 0 Å². The number of hydrogen-bond acceptors (Lipinski definition) is 11. The average molecular weight is 380 g/mol. The molecule has 0 amide bonds. The van der Waals surface area contributed by atoms with Crippen molar-refractivity contribution in [3.63, 3.8) is 0 Å². The lowest BCUT2D eigenvalue weighted by molar-refractivity contribution is -0.348. The summed E-state index contributed by atoms with van der Waals surface area (Å²) in [7, 11) is 0. The SMILES string of the molecule is OC[C@H]1O[C@H](O[C@@H]2OC=C[C@@H]3[C@H](O)[C@H](O)[C@@](O)(CO)[C@@H]23)[C@@H](O)[C@@H](O)[C@@H]1O. The predicted molar refractivity (Wildman–Crippen MR) is 79.9 cm³/mol. The molecule has 1 saturated heterocycles. The molecule has 11 nitrogen and oxygen atoms in total. The Bertz CT molecular complexity index is 528. The maximum absolute atomic E-state index is 10.6. The molecule has 0 aromatic rings. The Morgan fingerprint density at radius 3 is 2.23 bits per heavy atom. The molecule has 0 unspecified atom stereocenters. The summed E-state index contributed by atoms with van der Waals surface area (Å²) in [6.45, 7) is -1.54. The highest BCUT2D eigenvalue weighted by atomic mass is 16.8. The van der Waals surface area contributed by atoms with E-state index < -0.39 is 79.9 Å². The van der Waals surface area contributed by atoms with E-state index in [9.17, 15) is 40.9 Å². The third-order valence-electron chi connectivity index (χ3n) is 5.40. The molecule has 1 saturated carbocycles. The Labute approximate surface area is 148 Å². The molecule has 3 rings (SSSR count). The van der Waals surface area contributed by atoms with Crippen LogP contribution < -0.4 is 0 Å². The summed E-state index contributed by atoms with van der Waals surface area (Å²) in [6.07, 6.45) is -9.53. The fraction of sp³-hybridized carbons (Fsp3) is 0.867. The van der Waals surface area contributed by atoms with Gasteiger partial charge in [0.25, 0.3) is 0 Å². The Kier molecular flexibility index (Phi) is 5.57. The van der Waals surface area contributed by atoms with Gasteiger partial charge in [0.15, 0.2) is 6.29 Å². The van der Waals surface area contributed by atoms with Crippen LogP contribution in [0, 0.1) is 11.8 Å². The van der Waals surface area contributed by atoms with Crippen LogP contribution in [0.4, 0.5) is 0 Å². The molecule has 0 aromatic carbocycles. The van der Waals surface area contributed by atoms with E-state index in [4.69, 9.17) is 14.2 Å². The molecular formula is C15H24O11. The molecule has 8 N–H and O–H groups in total. The van der Waals surface area contributed by atoms with Crippen LogP contribution in [0.1, 0.15) is 0 Å². The van der Waals surface area contributed by atoms with Crippen molar-refractivity contribution in [1.29, 1.82) is 0 Å². The lowest BCUT2D eigenvalue weighted by Crippen LogP contribution is -2.61. The number of rotatable bonds is 4. The fourth-order valence-electron chi connectivity index (χ4n) is 3.83. The van der Waals surface area contributed by atoms with E-state index in [1.54, 1.807) is 0 Å². The number of ether oxygens (including phenoxy) is 3. The standard InChI is InChI=1S/C15H24O11/c16-3-6-9(19)10(20)11(21)14(25-6)26-13-7-5(1-2-24-13)8(18)12(22)15(7,23)4-17/h1-2,5-14,16-23H,3-4H2/t5-,6+,7+,8-,9+,10-,11-,12-,13-,14+,15+/m0/s1. The van der Waals surface area contributed by atoms with Crippen molar-refractivity contribution in [3.05, 3.63) is 12.3 Å². The van der Waals surface area contributed by atoms with Gasteiger partial charge < -0.3 is 55.1 Å². The number of aliphatic hydroxyl groups excluding tert-OH is 7. The quantitative estimate of drug-likeness (QED) is 0.234. The van der Waals surface area contributed by atoms with Crippen LogP contribution in [-0.4, -0.2) is 109 Å². The Morgan fingerprint density at radius 2 is 1.62 bits per heavy atom. The summed E-state index contributed by atoms with van der Waals surface area (Å²) in [5, 5.41) is 79.2. The first-order valence-corrected chi connectivity index (χ1v) is 8.23. The van der Waals surface area contributed by atoms with E-state index >= 15 is 0 Å². The van der Waals surface area contributed by atoms with Crippen molar-refractivity contribution >= 4 is 0 Å². The van der Waals surface area contributed by atoms with E-state index in [0.29, 0.717) is 0 Å². The smallest absolute Gasteiger partial charge is 0.208 e. The third-order valence-corrected chi connectivity index (χ3v) is 5.40. The van der Waals surface area contributed by atoms with Gasteiger partial charge in [-0.05, 0) is 6.08 Å². The molecule has 0 radical (unpaired) electrons. The summed E-state index contributed by atoms with van der Waals surface area (Å²) >= 11 is 0. The van der Waals surface area contributed by atoms with Gasteiger partial charge in [-0.15, -0.1) is 0 Å². The maximum Gasteiger partial charge on any atom is 0.208 e. The Hall–Kier alpha value is -0.860. The Balaban J connectivity index is 1.82. The van der Waals surface area contributed by atoms with Crippen molar-refractivity contribution in [2.24, 2.45) is 11.8 Å². The molecule has 0 spiro atoms. The summed E-state index contributed by atoms with van der Waals surface area (Å²) in [5.41, 5.74) is -2.15. The van der Waals surface area contributed by atoms with Crippen LogP contribution in [0.3, 0.4) is 0 Å². The van der Waals surface area contributed by atoms with Gasteiger partial charge in [-0.3, -0.25) is 0 Å². The zero-order chi connectivity index (χ0) is 19.2. The van der Waals surface area contributed by atoms with E-state index in [1.165, 1.54) is 12.3 Å². The molecule has 0 aromatic heterocycles. The van der Waals surface area contributed by atoms with Crippen LogP contribution in [0.2, 0.25) is 0 Å². The Morgan fingerprint density at radius 1 is 0.923 bits per heavy atom. The number of hydrogen-bond donors (Lipinski definition) is 8. The average Bonchev–Trinajstić information content (AvgIpc) is 2.85. The molecule has 2 aliphatic heterocycles. The first kappa shape index (κ1) is 19.9. The van der Waals surface area contributed by atoms with Crippen molar-refractivity contribution < 1.29 is 55.1 Å². The van der Waals surface area contributed by atoms with E-state index in [2.05, 4.69) is 0 Å². The van der Waals surface area contributed by atoms with Crippen LogP contribution in [0.5, 0.6) is 0 Å². The molecule has 26 heavy (non-hydrogen) atoms. The second-order valence-corrected chi connectivity index (χ2v) is 6.85. The molecule has 150 valence electrons. The zero-order valence-electron chi connectivity index (χ0n) is 13.6.